The molecule has 2 aromatic carbocycles. The Bertz CT molecular complexity index is 950. The van der Waals surface area contributed by atoms with E-state index in [1.54, 1.807) is 0 Å². The van der Waals surface area contributed by atoms with E-state index in [4.69, 9.17) is 0 Å². The van der Waals surface area contributed by atoms with E-state index in [1.807, 2.05) is 37.3 Å². The van der Waals surface area contributed by atoms with Crippen molar-refractivity contribution in [3.8, 4) is 11.1 Å². The molecule has 1 unspecified atom stereocenters. The van der Waals surface area contributed by atoms with E-state index in [0.717, 1.165) is 42.4 Å². The minimum atomic E-state index is -0.681. The second-order valence-corrected chi connectivity index (χ2v) is 8.56. The van der Waals surface area contributed by atoms with Crippen LogP contribution >= 0.6 is 0 Å². The Morgan fingerprint density at radius 1 is 1.03 bits per heavy atom. The van der Waals surface area contributed by atoms with Crippen LogP contribution in [0, 0.1) is 0 Å². The lowest BCUT2D eigenvalue weighted by Crippen LogP contribution is -2.44. The fourth-order valence-corrected chi connectivity index (χ4v) is 4.59. The summed E-state index contributed by atoms with van der Waals surface area (Å²) in [5, 5.41) is 5.88. The first-order valence-electron chi connectivity index (χ1n) is 11.1. The normalized spacial score (nSPS) is 18.3. The van der Waals surface area contributed by atoms with Crippen molar-refractivity contribution in [2.45, 2.75) is 57.0 Å². The highest BCUT2D eigenvalue weighted by molar-refractivity contribution is 6.07. The Morgan fingerprint density at radius 3 is 2.35 bits per heavy atom. The Labute approximate surface area is 183 Å². The van der Waals surface area contributed by atoms with Gasteiger partial charge in [-0.1, -0.05) is 67.4 Å². The molecule has 2 aromatic rings. The van der Waals surface area contributed by atoms with Gasteiger partial charge in [0.2, 0.25) is 5.91 Å². The first-order valence-corrected chi connectivity index (χ1v) is 11.1. The molecule has 1 saturated carbocycles. The van der Waals surface area contributed by atoms with Gasteiger partial charge in [-0.15, -0.1) is 0 Å². The molecule has 0 radical (unpaired) electrons. The number of nitrogens with one attached hydrogen (secondary N) is 2. The molecule has 0 bridgehead atoms. The monoisotopic (exact) mass is 419 g/mol. The minimum absolute atomic E-state index is 0.0812. The molecule has 4 rings (SSSR count). The largest absolute Gasteiger partial charge is 0.350 e. The van der Waals surface area contributed by atoms with Crippen LogP contribution in [-0.2, 0) is 9.59 Å². The van der Waals surface area contributed by atoms with Gasteiger partial charge in [-0.25, -0.2) is 4.79 Å². The van der Waals surface area contributed by atoms with Crippen LogP contribution < -0.4 is 10.6 Å². The highest BCUT2D eigenvalue weighted by Gasteiger charge is 2.52. The summed E-state index contributed by atoms with van der Waals surface area (Å²) in [4.78, 5) is 38.5. The van der Waals surface area contributed by atoms with Crippen LogP contribution in [0.2, 0.25) is 0 Å². The fourth-order valence-electron chi connectivity index (χ4n) is 4.59. The molecule has 2 N–H and O–H groups in total. The van der Waals surface area contributed by atoms with Crippen molar-refractivity contribution < 1.29 is 14.4 Å². The van der Waals surface area contributed by atoms with Crippen molar-refractivity contribution in [2.75, 3.05) is 6.54 Å². The summed E-state index contributed by atoms with van der Waals surface area (Å²) >= 11 is 0. The third-order valence-corrected chi connectivity index (χ3v) is 6.38. The molecular formula is C25H29N3O3. The predicted octanol–water partition coefficient (Wildman–Crippen LogP) is 4.18. The van der Waals surface area contributed by atoms with Crippen LogP contribution in [0.1, 0.15) is 57.1 Å². The SMILES string of the molecule is CC(NC(=O)CCCN1C(=O)NC2(CCCC2)C1=O)c1ccc(-c2ccccc2)cc1. The molecule has 2 aliphatic rings. The third-order valence-electron chi connectivity index (χ3n) is 6.38. The van der Waals surface area contributed by atoms with E-state index in [9.17, 15) is 14.4 Å². The zero-order valence-electron chi connectivity index (χ0n) is 17.9. The quantitative estimate of drug-likeness (QED) is 0.661. The average molecular weight is 420 g/mol. The summed E-state index contributed by atoms with van der Waals surface area (Å²) in [6, 6.07) is 17.9. The Kier molecular flexibility index (Phi) is 6.07. The standard InChI is InChI=1S/C25H29N3O3/c1-18(19-11-13-21(14-12-19)20-8-3-2-4-9-20)26-22(29)10-7-17-28-23(30)25(27-24(28)31)15-5-6-16-25/h2-4,8-9,11-14,18H,5-7,10,15-17H2,1H3,(H,26,29)(H,27,31). The van der Waals surface area contributed by atoms with Crippen LogP contribution in [-0.4, -0.2) is 34.8 Å². The lowest BCUT2D eigenvalue weighted by Gasteiger charge is -2.20. The zero-order chi connectivity index (χ0) is 21.8. The topological polar surface area (TPSA) is 78.5 Å². The van der Waals surface area contributed by atoms with Crippen molar-refractivity contribution in [3.63, 3.8) is 0 Å². The number of rotatable bonds is 7. The van der Waals surface area contributed by atoms with Gasteiger partial charge >= 0.3 is 6.03 Å². The van der Waals surface area contributed by atoms with E-state index in [2.05, 4.69) is 34.9 Å². The van der Waals surface area contributed by atoms with E-state index in [0.29, 0.717) is 6.42 Å². The summed E-state index contributed by atoms with van der Waals surface area (Å²) in [6.45, 7) is 2.23. The summed E-state index contributed by atoms with van der Waals surface area (Å²) in [5.41, 5.74) is 2.65. The zero-order valence-corrected chi connectivity index (χ0v) is 17.9. The van der Waals surface area contributed by atoms with E-state index >= 15 is 0 Å². The molecule has 0 aromatic heterocycles. The molecule has 2 fully saturated rings. The molecule has 1 heterocycles. The lowest BCUT2D eigenvalue weighted by atomic mass is 9.98. The molecule has 4 amide bonds. The molecule has 1 saturated heterocycles. The van der Waals surface area contributed by atoms with Gasteiger partial charge in [0.15, 0.2) is 0 Å². The number of benzene rings is 2. The number of hydrogen-bond donors (Lipinski definition) is 2. The van der Waals surface area contributed by atoms with Crippen molar-refractivity contribution in [1.82, 2.24) is 15.5 Å². The lowest BCUT2D eigenvalue weighted by molar-refractivity contribution is -0.131. The molecule has 1 aliphatic carbocycles. The summed E-state index contributed by atoms with van der Waals surface area (Å²) in [5.74, 6) is -0.204. The molecule has 31 heavy (non-hydrogen) atoms. The first-order chi connectivity index (χ1) is 15.0. The average Bonchev–Trinajstić information content (AvgIpc) is 3.34. The summed E-state index contributed by atoms with van der Waals surface area (Å²) < 4.78 is 0. The predicted molar refractivity (Wildman–Crippen MR) is 119 cm³/mol. The molecular weight excluding hydrogens is 390 g/mol. The molecule has 1 atom stereocenters. The molecule has 6 heteroatoms. The maximum Gasteiger partial charge on any atom is 0.325 e. The van der Waals surface area contributed by atoms with Crippen LogP contribution in [0.5, 0.6) is 0 Å². The van der Waals surface area contributed by atoms with Gasteiger partial charge in [0.25, 0.3) is 5.91 Å². The van der Waals surface area contributed by atoms with Gasteiger partial charge < -0.3 is 10.6 Å². The van der Waals surface area contributed by atoms with Gasteiger partial charge in [0.05, 0.1) is 6.04 Å². The molecule has 162 valence electrons. The number of urea groups is 1. The summed E-state index contributed by atoms with van der Waals surface area (Å²) in [6.07, 6.45) is 4.10. The van der Waals surface area contributed by atoms with Crippen molar-refractivity contribution in [2.24, 2.45) is 0 Å². The van der Waals surface area contributed by atoms with Crippen LogP contribution in [0.15, 0.2) is 54.6 Å². The number of nitrogens with zero attached hydrogens (tertiary/aromatic N) is 1. The second kappa shape index (κ2) is 8.92. The number of hydrogen-bond acceptors (Lipinski definition) is 3. The fraction of sp³-hybridized carbons (Fsp3) is 0.400. The van der Waals surface area contributed by atoms with E-state index in [1.165, 1.54) is 4.90 Å². The summed E-state index contributed by atoms with van der Waals surface area (Å²) in [7, 11) is 0. The third kappa shape index (κ3) is 4.48. The van der Waals surface area contributed by atoms with Gasteiger partial charge in [0.1, 0.15) is 5.54 Å². The van der Waals surface area contributed by atoms with Crippen molar-refractivity contribution in [3.05, 3.63) is 60.2 Å². The van der Waals surface area contributed by atoms with E-state index in [-0.39, 0.29) is 36.9 Å². The van der Waals surface area contributed by atoms with Gasteiger partial charge in [-0.3, -0.25) is 14.5 Å². The van der Waals surface area contributed by atoms with Crippen LogP contribution in [0.4, 0.5) is 4.79 Å². The molecule has 6 nitrogen and oxygen atoms in total. The Balaban J connectivity index is 1.25. The van der Waals surface area contributed by atoms with Gasteiger partial charge in [-0.05, 0) is 42.9 Å². The highest BCUT2D eigenvalue weighted by Crippen LogP contribution is 2.35. The number of amides is 4. The minimum Gasteiger partial charge on any atom is -0.350 e. The Hall–Kier alpha value is -3.15. The first kappa shape index (κ1) is 21.1. The smallest absolute Gasteiger partial charge is 0.325 e. The maximum absolute atomic E-state index is 12.7. The highest BCUT2D eigenvalue weighted by atomic mass is 16.2. The number of imide groups is 1. The number of carbonyl (C=O) groups is 3. The number of carbonyl (C=O) groups excluding carboxylic acids is 3. The van der Waals surface area contributed by atoms with Gasteiger partial charge in [-0.2, -0.15) is 0 Å². The van der Waals surface area contributed by atoms with Crippen LogP contribution in [0.25, 0.3) is 11.1 Å². The van der Waals surface area contributed by atoms with Crippen molar-refractivity contribution >= 4 is 17.8 Å². The molecule has 1 spiro atoms. The maximum atomic E-state index is 12.7. The van der Waals surface area contributed by atoms with E-state index < -0.39 is 5.54 Å². The van der Waals surface area contributed by atoms with Gasteiger partial charge in [0, 0.05) is 13.0 Å². The Morgan fingerprint density at radius 2 is 1.68 bits per heavy atom. The second-order valence-electron chi connectivity index (χ2n) is 8.56. The van der Waals surface area contributed by atoms with Crippen LogP contribution in [0.3, 0.4) is 0 Å². The molecule has 1 aliphatic heterocycles. The van der Waals surface area contributed by atoms with Crippen molar-refractivity contribution in [1.29, 1.82) is 0 Å².